The molecule has 1 aliphatic heterocycles. The topological polar surface area (TPSA) is 62.6 Å². The van der Waals surface area contributed by atoms with Gasteiger partial charge < -0.3 is 14.6 Å². The molecule has 2 aromatic carbocycles. The van der Waals surface area contributed by atoms with Gasteiger partial charge in [0.1, 0.15) is 6.26 Å². The standard InChI is InChI=1S/C20H18N2O3/c23-19-10-17(21-20(24)16-8-9-25-13-16)12-22(19)11-15-6-3-5-14-4-1-2-7-18(14)15/h1-9,13,17H,10-12H2,(H,21,24)/t17-/m0/s1. The van der Waals surface area contributed by atoms with Gasteiger partial charge in [-0.3, -0.25) is 9.59 Å². The second-order valence-electron chi connectivity index (χ2n) is 6.30. The zero-order chi connectivity index (χ0) is 17.2. The molecule has 5 heteroatoms. The van der Waals surface area contributed by atoms with Crippen LogP contribution in [0, 0.1) is 0 Å². The molecule has 126 valence electrons. The van der Waals surface area contributed by atoms with Crippen LogP contribution in [-0.2, 0) is 11.3 Å². The minimum Gasteiger partial charge on any atom is -0.472 e. The molecule has 0 aliphatic carbocycles. The van der Waals surface area contributed by atoms with Crippen molar-refractivity contribution >= 4 is 22.6 Å². The van der Waals surface area contributed by atoms with Crippen LogP contribution in [-0.4, -0.2) is 29.3 Å². The summed E-state index contributed by atoms with van der Waals surface area (Å²) >= 11 is 0. The molecule has 0 radical (unpaired) electrons. The van der Waals surface area contributed by atoms with Gasteiger partial charge in [0.05, 0.1) is 17.9 Å². The smallest absolute Gasteiger partial charge is 0.254 e. The third-order valence-electron chi connectivity index (χ3n) is 4.57. The Balaban J connectivity index is 1.46. The predicted octanol–water partition coefficient (Wildman–Crippen LogP) is 2.96. The molecule has 2 heterocycles. The number of fused-ring (bicyclic) bond motifs is 1. The summed E-state index contributed by atoms with van der Waals surface area (Å²) in [5.41, 5.74) is 1.59. The zero-order valence-corrected chi connectivity index (χ0v) is 13.6. The van der Waals surface area contributed by atoms with Crippen molar-refractivity contribution in [3.8, 4) is 0 Å². The van der Waals surface area contributed by atoms with Crippen LogP contribution in [0.4, 0.5) is 0 Å². The van der Waals surface area contributed by atoms with Crippen molar-refractivity contribution in [1.82, 2.24) is 10.2 Å². The average molecular weight is 334 g/mol. The molecule has 3 aromatic rings. The molecule has 5 nitrogen and oxygen atoms in total. The highest BCUT2D eigenvalue weighted by molar-refractivity contribution is 5.94. The first kappa shape index (κ1) is 15.4. The van der Waals surface area contributed by atoms with Crippen molar-refractivity contribution in [3.63, 3.8) is 0 Å². The van der Waals surface area contributed by atoms with E-state index in [-0.39, 0.29) is 17.9 Å². The maximum atomic E-state index is 12.3. The van der Waals surface area contributed by atoms with Crippen LogP contribution >= 0.6 is 0 Å². The Morgan fingerprint density at radius 1 is 1.16 bits per heavy atom. The van der Waals surface area contributed by atoms with Crippen LogP contribution in [0.25, 0.3) is 10.8 Å². The van der Waals surface area contributed by atoms with Gasteiger partial charge in [0.15, 0.2) is 0 Å². The van der Waals surface area contributed by atoms with Crippen molar-refractivity contribution in [1.29, 1.82) is 0 Å². The van der Waals surface area contributed by atoms with E-state index in [0.29, 0.717) is 25.1 Å². The molecule has 1 fully saturated rings. The SMILES string of the molecule is O=C(N[C@H]1CC(=O)N(Cc2cccc3ccccc23)C1)c1ccoc1. The number of hydrogen-bond acceptors (Lipinski definition) is 3. The largest absolute Gasteiger partial charge is 0.472 e. The summed E-state index contributed by atoms with van der Waals surface area (Å²) in [6, 6.07) is 15.7. The fourth-order valence-corrected chi connectivity index (χ4v) is 3.32. The molecule has 2 amide bonds. The number of nitrogens with zero attached hydrogens (tertiary/aromatic N) is 1. The Morgan fingerprint density at radius 3 is 2.84 bits per heavy atom. The predicted molar refractivity (Wildman–Crippen MR) is 93.9 cm³/mol. The van der Waals surface area contributed by atoms with E-state index in [9.17, 15) is 9.59 Å². The lowest BCUT2D eigenvalue weighted by Gasteiger charge is -2.18. The Bertz CT molecular complexity index is 912. The van der Waals surface area contributed by atoms with Crippen molar-refractivity contribution in [2.45, 2.75) is 19.0 Å². The van der Waals surface area contributed by atoms with Crippen LogP contribution < -0.4 is 5.32 Å². The fraction of sp³-hybridized carbons (Fsp3) is 0.200. The van der Waals surface area contributed by atoms with Gasteiger partial charge >= 0.3 is 0 Å². The number of furan rings is 1. The Kier molecular flexibility index (Phi) is 3.98. The lowest BCUT2D eigenvalue weighted by atomic mass is 10.0. The van der Waals surface area contributed by atoms with E-state index in [1.807, 2.05) is 29.2 Å². The van der Waals surface area contributed by atoms with Crippen molar-refractivity contribution in [2.24, 2.45) is 0 Å². The van der Waals surface area contributed by atoms with Gasteiger partial charge in [-0.2, -0.15) is 0 Å². The number of benzene rings is 2. The van der Waals surface area contributed by atoms with E-state index >= 15 is 0 Å². The number of carbonyl (C=O) groups excluding carboxylic acids is 2. The Morgan fingerprint density at radius 2 is 2.00 bits per heavy atom. The number of hydrogen-bond donors (Lipinski definition) is 1. The van der Waals surface area contributed by atoms with E-state index in [4.69, 9.17) is 4.42 Å². The molecule has 25 heavy (non-hydrogen) atoms. The van der Waals surface area contributed by atoms with Crippen molar-refractivity contribution < 1.29 is 14.0 Å². The third kappa shape index (κ3) is 3.13. The highest BCUT2D eigenvalue weighted by atomic mass is 16.3. The number of likely N-dealkylation sites (tertiary alicyclic amines) is 1. The quantitative estimate of drug-likeness (QED) is 0.798. The highest BCUT2D eigenvalue weighted by Crippen LogP contribution is 2.22. The van der Waals surface area contributed by atoms with Gasteiger partial charge in [-0.05, 0) is 22.4 Å². The lowest BCUT2D eigenvalue weighted by Crippen LogP contribution is -2.36. The summed E-state index contributed by atoms with van der Waals surface area (Å²) < 4.78 is 4.92. The van der Waals surface area contributed by atoms with Crippen molar-refractivity contribution in [3.05, 3.63) is 72.2 Å². The fourth-order valence-electron chi connectivity index (χ4n) is 3.32. The Hall–Kier alpha value is -3.08. The molecule has 0 saturated carbocycles. The second kappa shape index (κ2) is 6.43. The van der Waals surface area contributed by atoms with E-state index in [1.54, 1.807) is 6.07 Å². The first-order valence-electron chi connectivity index (χ1n) is 8.28. The third-order valence-corrected chi connectivity index (χ3v) is 4.57. The van der Waals surface area contributed by atoms with Crippen LogP contribution in [0.2, 0.25) is 0 Å². The first-order chi connectivity index (χ1) is 12.2. The van der Waals surface area contributed by atoms with Crippen LogP contribution in [0.3, 0.4) is 0 Å². The number of nitrogens with one attached hydrogen (secondary N) is 1. The number of rotatable bonds is 4. The summed E-state index contributed by atoms with van der Waals surface area (Å²) in [5, 5.41) is 5.22. The molecule has 0 spiro atoms. The van der Waals surface area contributed by atoms with Gasteiger partial charge in [0.2, 0.25) is 5.91 Å². The maximum absolute atomic E-state index is 12.3. The summed E-state index contributed by atoms with van der Waals surface area (Å²) in [7, 11) is 0. The number of carbonyl (C=O) groups is 2. The zero-order valence-electron chi connectivity index (χ0n) is 13.6. The molecule has 1 saturated heterocycles. The van der Waals surface area contributed by atoms with Crippen molar-refractivity contribution in [2.75, 3.05) is 6.54 Å². The molecule has 4 rings (SSSR count). The maximum Gasteiger partial charge on any atom is 0.254 e. The molecule has 0 bridgehead atoms. The van der Waals surface area contributed by atoms with Gasteiger partial charge in [-0.25, -0.2) is 0 Å². The minimum atomic E-state index is -0.210. The van der Waals surface area contributed by atoms with E-state index in [1.165, 1.54) is 12.5 Å². The lowest BCUT2D eigenvalue weighted by molar-refractivity contribution is -0.128. The summed E-state index contributed by atoms with van der Waals surface area (Å²) in [6.45, 7) is 1.07. The average Bonchev–Trinajstić information content (AvgIpc) is 3.26. The normalized spacial score (nSPS) is 17.2. The van der Waals surface area contributed by atoms with Gasteiger partial charge in [0, 0.05) is 19.5 Å². The van der Waals surface area contributed by atoms with E-state index in [0.717, 1.165) is 16.3 Å². The molecule has 1 aromatic heterocycles. The summed E-state index contributed by atoms with van der Waals surface area (Å²) in [4.78, 5) is 26.3. The van der Waals surface area contributed by atoms with E-state index in [2.05, 4.69) is 23.5 Å². The van der Waals surface area contributed by atoms with Gasteiger partial charge in [-0.15, -0.1) is 0 Å². The van der Waals surface area contributed by atoms with Crippen LogP contribution in [0.15, 0.2) is 65.5 Å². The van der Waals surface area contributed by atoms with E-state index < -0.39 is 0 Å². The van der Waals surface area contributed by atoms with Gasteiger partial charge in [0.25, 0.3) is 5.91 Å². The summed E-state index contributed by atoms with van der Waals surface area (Å²) in [6.07, 6.45) is 3.19. The molecular formula is C20H18N2O3. The van der Waals surface area contributed by atoms with Gasteiger partial charge in [-0.1, -0.05) is 42.5 Å². The van der Waals surface area contributed by atoms with Crippen LogP contribution in [0.1, 0.15) is 22.3 Å². The summed E-state index contributed by atoms with van der Waals surface area (Å²) in [5.74, 6) is -0.149. The highest BCUT2D eigenvalue weighted by Gasteiger charge is 2.31. The monoisotopic (exact) mass is 334 g/mol. The molecule has 1 aliphatic rings. The molecule has 1 N–H and O–H groups in total. The second-order valence-corrected chi connectivity index (χ2v) is 6.30. The Labute approximate surface area is 145 Å². The number of amides is 2. The molecular weight excluding hydrogens is 316 g/mol. The van der Waals surface area contributed by atoms with Crippen LogP contribution in [0.5, 0.6) is 0 Å². The minimum absolute atomic E-state index is 0.0606. The first-order valence-corrected chi connectivity index (χ1v) is 8.28. The molecule has 1 atom stereocenters. The molecule has 0 unspecified atom stereocenters.